The number of carbonyl (C=O) groups is 1. The van der Waals surface area contributed by atoms with E-state index in [1.807, 2.05) is 24.0 Å². The molecule has 150 valence electrons. The van der Waals surface area contributed by atoms with Gasteiger partial charge in [-0.2, -0.15) is 0 Å². The number of benzene rings is 2. The van der Waals surface area contributed by atoms with Crippen LogP contribution in [-0.2, 0) is 6.54 Å². The monoisotopic (exact) mass is 390 g/mol. The summed E-state index contributed by atoms with van der Waals surface area (Å²) in [6, 6.07) is 13.9. The van der Waals surface area contributed by atoms with E-state index in [2.05, 4.69) is 41.1 Å². The maximum Gasteiger partial charge on any atom is 0.272 e. The van der Waals surface area contributed by atoms with Crippen molar-refractivity contribution in [3.05, 3.63) is 69.6 Å². The second kappa shape index (κ2) is 7.70. The normalized spacial score (nSPS) is 14.4. The van der Waals surface area contributed by atoms with Crippen molar-refractivity contribution in [1.82, 2.24) is 14.5 Å². The van der Waals surface area contributed by atoms with Crippen LogP contribution in [-0.4, -0.2) is 46.5 Å². The number of carbonyl (C=O) groups excluding carboxylic acids is 1. The molecule has 4 rings (SSSR count). The van der Waals surface area contributed by atoms with Crippen molar-refractivity contribution in [2.75, 3.05) is 31.1 Å². The fraction of sp³-hybridized carbons (Fsp3) is 0.348. The molecule has 1 fully saturated rings. The van der Waals surface area contributed by atoms with Crippen molar-refractivity contribution in [3.8, 4) is 0 Å². The van der Waals surface area contributed by atoms with Gasteiger partial charge in [0.15, 0.2) is 0 Å². The van der Waals surface area contributed by atoms with Gasteiger partial charge in [0.1, 0.15) is 5.69 Å². The van der Waals surface area contributed by atoms with Crippen LogP contribution in [0.5, 0.6) is 0 Å². The molecule has 1 aromatic heterocycles. The number of amides is 1. The second-order valence-electron chi connectivity index (χ2n) is 7.57. The number of aryl methyl sites for hydroxylation is 3. The van der Waals surface area contributed by atoms with Gasteiger partial charge in [-0.05, 0) is 56.7 Å². The standard InChI is InChI=1S/C23H26N4O2/c1-4-27-21-9-8-18(15-20(21)24-17(3)22(27)28)23(29)26-12-10-25(11-13-26)19-7-5-6-16(2)14-19/h5-9,14-15H,4,10-13H2,1-3H3. The van der Waals surface area contributed by atoms with Gasteiger partial charge in [0.2, 0.25) is 0 Å². The van der Waals surface area contributed by atoms with Gasteiger partial charge in [0.05, 0.1) is 11.0 Å². The van der Waals surface area contributed by atoms with Crippen LogP contribution < -0.4 is 10.5 Å². The summed E-state index contributed by atoms with van der Waals surface area (Å²) in [5.41, 5.74) is 4.90. The molecule has 1 amide bonds. The van der Waals surface area contributed by atoms with Gasteiger partial charge in [0, 0.05) is 44.0 Å². The van der Waals surface area contributed by atoms with Gasteiger partial charge in [-0.1, -0.05) is 12.1 Å². The molecule has 1 aliphatic heterocycles. The molecule has 0 bridgehead atoms. The molecule has 0 N–H and O–H groups in total. The molecule has 0 saturated carbocycles. The van der Waals surface area contributed by atoms with E-state index in [0.29, 0.717) is 36.4 Å². The van der Waals surface area contributed by atoms with Crippen molar-refractivity contribution in [1.29, 1.82) is 0 Å². The highest BCUT2D eigenvalue weighted by Crippen LogP contribution is 2.20. The minimum atomic E-state index is -0.0775. The maximum absolute atomic E-state index is 13.1. The molecule has 1 aliphatic rings. The third-order valence-electron chi connectivity index (χ3n) is 5.61. The molecule has 2 aromatic carbocycles. The van der Waals surface area contributed by atoms with Crippen LogP contribution in [0.1, 0.15) is 28.5 Å². The Kier molecular flexibility index (Phi) is 5.09. The smallest absolute Gasteiger partial charge is 0.272 e. The molecular weight excluding hydrogens is 364 g/mol. The average Bonchev–Trinajstić information content (AvgIpc) is 2.74. The number of hydrogen-bond donors (Lipinski definition) is 0. The Balaban J connectivity index is 1.54. The molecule has 2 heterocycles. The topological polar surface area (TPSA) is 58.4 Å². The van der Waals surface area contributed by atoms with Crippen LogP contribution in [0.25, 0.3) is 11.0 Å². The fourth-order valence-corrected chi connectivity index (χ4v) is 4.00. The van der Waals surface area contributed by atoms with Crippen LogP contribution in [0, 0.1) is 13.8 Å². The third-order valence-corrected chi connectivity index (χ3v) is 5.61. The number of piperazine rings is 1. The highest BCUT2D eigenvalue weighted by molar-refractivity contribution is 5.97. The van der Waals surface area contributed by atoms with E-state index >= 15 is 0 Å². The van der Waals surface area contributed by atoms with Crippen LogP contribution in [0.2, 0.25) is 0 Å². The first-order valence-corrected chi connectivity index (χ1v) is 10.1. The highest BCUT2D eigenvalue weighted by atomic mass is 16.2. The lowest BCUT2D eigenvalue weighted by atomic mass is 10.1. The zero-order chi connectivity index (χ0) is 20.5. The number of hydrogen-bond acceptors (Lipinski definition) is 4. The molecule has 0 unspecified atom stereocenters. The van der Waals surface area contributed by atoms with E-state index in [1.54, 1.807) is 17.6 Å². The first-order valence-electron chi connectivity index (χ1n) is 10.1. The average molecular weight is 390 g/mol. The Bertz CT molecular complexity index is 1130. The first-order chi connectivity index (χ1) is 14.0. The van der Waals surface area contributed by atoms with Crippen molar-refractivity contribution in [3.63, 3.8) is 0 Å². The predicted octanol–water partition coefficient (Wildman–Crippen LogP) is 3.00. The molecule has 1 saturated heterocycles. The molecule has 6 nitrogen and oxygen atoms in total. The highest BCUT2D eigenvalue weighted by Gasteiger charge is 2.23. The van der Waals surface area contributed by atoms with Gasteiger partial charge in [-0.15, -0.1) is 0 Å². The Hall–Kier alpha value is -3.15. The van der Waals surface area contributed by atoms with E-state index < -0.39 is 0 Å². The quantitative estimate of drug-likeness (QED) is 0.690. The summed E-state index contributed by atoms with van der Waals surface area (Å²) in [6.07, 6.45) is 0. The van der Waals surface area contributed by atoms with E-state index in [1.165, 1.54) is 11.3 Å². The Morgan fingerprint density at radius 1 is 1.03 bits per heavy atom. The fourth-order valence-electron chi connectivity index (χ4n) is 4.00. The lowest BCUT2D eigenvalue weighted by Crippen LogP contribution is -2.48. The summed E-state index contributed by atoms with van der Waals surface area (Å²) < 4.78 is 1.70. The molecule has 6 heteroatoms. The minimum Gasteiger partial charge on any atom is -0.368 e. The van der Waals surface area contributed by atoms with Crippen LogP contribution in [0.4, 0.5) is 5.69 Å². The maximum atomic E-state index is 13.1. The minimum absolute atomic E-state index is 0.0180. The van der Waals surface area contributed by atoms with Crippen molar-refractivity contribution in [2.45, 2.75) is 27.3 Å². The largest absolute Gasteiger partial charge is 0.368 e. The molecule has 29 heavy (non-hydrogen) atoms. The number of nitrogens with zero attached hydrogens (tertiary/aromatic N) is 4. The summed E-state index contributed by atoms with van der Waals surface area (Å²) >= 11 is 0. The molecule has 0 atom stereocenters. The van der Waals surface area contributed by atoms with Crippen LogP contribution in [0.15, 0.2) is 47.3 Å². The number of rotatable bonds is 3. The van der Waals surface area contributed by atoms with Crippen molar-refractivity contribution >= 4 is 22.6 Å². The number of fused-ring (bicyclic) bond motifs is 1. The Morgan fingerprint density at radius 2 is 1.79 bits per heavy atom. The summed E-state index contributed by atoms with van der Waals surface area (Å²) in [4.78, 5) is 34.0. The zero-order valence-corrected chi connectivity index (χ0v) is 17.2. The number of anilines is 1. The lowest BCUT2D eigenvalue weighted by Gasteiger charge is -2.36. The van der Waals surface area contributed by atoms with Crippen molar-refractivity contribution in [2.24, 2.45) is 0 Å². The molecular formula is C23H26N4O2. The summed E-state index contributed by atoms with van der Waals surface area (Å²) in [5, 5.41) is 0. The van der Waals surface area contributed by atoms with Crippen LogP contribution >= 0.6 is 0 Å². The van der Waals surface area contributed by atoms with Gasteiger partial charge in [0.25, 0.3) is 11.5 Å². The molecule has 0 radical (unpaired) electrons. The van der Waals surface area contributed by atoms with E-state index in [4.69, 9.17) is 0 Å². The number of aromatic nitrogens is 2. The lowest BCUT2D eigenvalue weighted by molar-refractivity contribution is 0.0747. The van der Waals surface area contributed by atoms with Gasteiger partial charge in [-0.3, -0.25) is 9.59 Å². The van der Waals surface area contributed by atoms with E-state index in [0.717, 1.165) is 18.6 Å². The SMILES string of the molecule is CCn1c(=O)c(C)nc2cc(C(=O)N3CCN(c4cccc(C)c4)CC3)ccc21. The Morgan fingerprint density at radius 3 is 2.48 bits per heavy atom. The van der Waals surface area contributed by atoms with E-state index in [9.17, 15) is 9.59 Å². The van der Waals surface area contributed by atoms with Gasteiger partial charge in [-0.25, -0.2) is 4.98 Å². The first kappa shape index (κ1) is 19.2. The second-order valence-corrected chi connectivity index (χ2v) is 7.57. The van der Waals surface area contributed by atoms with Crippen molar-refractivity contribution < 1.29 is 4.79 Å². The van der Waals surface area contributed by atoms with Gasteiger partial charge < -0.3 is 14.4 Å². The molecule has 0 aliphatic carbocycles. The summed E-state index contributed by atoms with van der Waals surface area (Å²) in [5.74, 6) is 0.0180. The molecule has 0 spiro atoms. The zero-order valence-electron chi connectivity index (χ0n) is 17.2. The molecule has 3 aromatic rings. The summed E-state index contributed by atoms with van der Waals surface area (Å²) in [6.45, 7) is 9.33. The summed E-state index contributed by atoms with van der Waals surface area (Å²) in [7, 11) is 0. The van der Waals surface area contributed by atoms with E-state index in [-0.39, 0.29) is 11.5 Å². The van der Waals surface area contributed by atoms with Crippen LogP contribution in [0.3, 0.4) is 0 Å². The van der Waals surface area contributed by atoms with Gasteiger partial charge >= 0.3 is 0 Å². The third kappa shape index (κ3) is 3.62. The Labute approximate surface area is 170 Å². The predicted molar refractivity (Wildman–Crippen MR) is 116 cm³/mol.